The molecule has 1 aromatic carbocycles. The van der Waals surface area contributed by atoms with Gasteiger partial charge in [-0.05, 0) is 52.9 Å². The first kappa shape index (κ1) is 17.2. The quantitative estimate of drug-likeness (QED) is 0.515. The first-order valence-corrected chi connectivity index (χ1v) is 8.64. The molecule has 0 aliphatic rings. The van der Waals surface area contributed by atoms with Gasteiger partial charge < -0.3 is 9.64 Å². The number of hydrogen-bond donors (Lipinski definition) is 0. The maximum atomic E-state index is 12.0. The summed E-state index contributed by atoms with van der Waals surface area (Å²) in [5.74, 6) is -0.761. The van der Waals surface area contributed by atoms with Gasteiger partial charge in [0.15, 0.2) is 6.61 Å². The fraction of sp³-hybridized carbons (Fsp3) is 0.200. The Morgan fingerprint density at radius 1 is 1.32 bits per heavy atom. The van der Waals surface area contributed by atoms with E-state index in [1.807, 2.05) is 12.1 Å². The summed E-state index contributed by atoms with van der Waals surface area (Å²) < 4.78 is 6.67. The molecule has 2 rings (SSSR count). The lowest BCUT2D eigenvalue weighted by Gasteiger charge is -2.16. The van der Waals surface area contributed by atoms with Crippen molar-refractivity contribution in [2.75, 3.05) is 13.7 Å². The molecular formula is C15H13ClINO3S. The third-order valence-corrected chi connectivity index (χ3v) is 4.72. The fourth-order valence-electron chi connectivity index (χ4n) is 1.69. The number of thiophene rings is 1. The van der Waals surface area contributed by atoms with E-state index in [9.17, 15) is 9.59 Å². The monoisotopic (exact) mass is 449 g/mol. The minimum atomic E-state index is -0.501. The Labute approximate surface area is 151 Å². The van der Waals surface area contributed by atoms with Gasteiger partial charge in [-0.1, -0.05) is 17.7 Å². The lowest BCUT2D eigenvalue weighted by atomic mass is 10.2. The molecule has 0 atom stereocenters. The molecule has 0 fully saturated rings. The molecule has 22 heavy (non-hydrogen) atoms. The Bertz CT molecular complexity index is 689. The Kier molecular flexibility index (Phi) is 6.22. The van der Waals surface area contributed by atoms with E-state index in [4.69, 9.17) is 16.3 Å². The van der Waals surface area contributed by atoms with Crippen molar-refractivity contribution in [2.24, 2.45) is 0 Å². The predicted octanol–water partition coefficient (Wildman–Crippen LogP) is 3.82. The van der Waals surface area contributed by atoms with Gasteiger partial charge in [-0.2, -0.15) is 0 Å². The van der Waals surface area contributed by atoms with Gasteiger partial charge in [0.2, 0.25) is 0 Å². The Hall–Kier alpha value is -1.12. The normalized spacial score (nSPS) is 10.3. The Morgan fingerprint density at radius 3 is 2.73 bits per heavy atom. The second-order valence-electron chi connectivity index (χ2n) is 4.54. The molecule has 0 aliphatic carbocycles. The van der Waals surface area contributed by atoms with E-state index in [1.54, 1.807) is 31.3 Å². The van der Waals surface area contributed by atoms with Crippen LogP contribution in [0.2, 0.25) is 4.34 Å². The standard InChI is InChI=1S/C15H13ClINO3S/c1-18(8-12-5-6-13(16)22-12)14(19)9-21-15(20)10-3-2-4-11(17)7-10/h2-7H,8-9H2,1H3. The second kappa shape index (κ2) is 7.94. The average Bonchev–Trinajstić information content (AvgIpc) is 2.89. The largest absolute Gasteiger partial charge is 0.452 e. The molecule has 116 valence electrons. The van der Waals surface area contributed by atoms with Crippen molar-refractivity contribution in [3.63, 3.8) is 0 Å². The molecule has 0 saturated heterocycles. The molecule has 0 unspecified atom stereocenters. The lowest BCUT2D eigenvalue weighted by molar-refractivity contribution is -0.133. The van der Waals surface area contributed by atoms with Crippen molar-refractivity contribution in [2.45, 2.75) is 6.54 Å². The molecule has 0 radical (unpaired) electrons. The van der Waals surface area contributed by atoms with E-state index in [0.29, 0.717) is 16.4 Å². The van der Waals surface area contributed by atoms with E-state index in [1.165, 1.54) is 16.2 Å². The maximum absolute atomic E-state index is 12.0. The van der Waals surface area contributed by atoms with Crippen molar-refractivity contribution in [3.8, 4) is 0 Å². The number of halogens is 2. The zero-order valence-electron chi connectivity index (χ0n) is 11.7. The van der Waals surface area contributed by atoms with Gasteiger partial charge in [0.1, 0.15) is 0 Å². The summed E-state index contributed by atoms with van der Waals surface area (Å²) in [5.41, 5.74) is 0.437. The van der Waals surface area contributed by atoms with Gasteiger partial charge in [-0.15, -0.1) is 11.3 Å². The van der Waals surface area contributed by atoms with Crippen molar-refractivity contribution in [3.05, 3.63) is 54.7 Å². The van der Waals surface area contributed by atoms with E-state index in [0.717, 1.165) is 8.45 Å². The molecule has 7 heteroatoms. The van der Waals surface area contributed by atoms with E-state index < -0.39 is 5.97 Å². The summed E-state index contributed by atoms with van der Waals surface area (Å²) >= 11 is 9.38. The molecule has 1 heterocycles. The zero-order valence-corrected chi connectivity index (χ0v) is 15.4. The van der Waals surface area contributed by atoms with Crippen LogP contribution in [0, 0.1) is 3.57 Å². The number of likely N-dealkylation sites (N-methyl/N-ethyl adjacent to an activating group) is 1. The van der Waals surface area contributed by atoms with Crippen LogP contribution >= 0.6 is 45.5 Å². The van der Waals surface area contributed by atoms with Crippen LogP contribution in [-0.4, -0.2) is 30.4 Å². The fourth-order valence-corrected chi connectivity index (χ4v) is 3.38. The van der Waals surface area contributed by atoms with Crippen LogP contribution < -0.4 is 0 Å². The summed E-state index contributed by atoms with van der Waals surface area (Å²) in [4.78, 5) is 26.3. The number of amides is 1. The van der Waals surface area contributed by atoms with Crippen molar-refractivity contribution in [1.29, 1.82) is 0 Å². The predicted molar refractivity (Wildman–Crippen MR) is 95.2 cm³/mol. The van der Waals surface area contributed by atoms with Gasteiger partial charge in [-0.3, -0.25) is 4.79 Å². The first-order chi connectivity index (χ1) is 10.5. The van der Waals surface area contributed by atoms with Crippen molar-refractivity contribution < 1.29 is 14.3 Å². The van der Waals surface area contributed by atoms with Gasteiger partial charge in [0.05, 0.1) is 16.4 Å². The minimum Gasteiger partial charge on any atom is -0.452 e. The van der Waals surface area contributed by atoms with Crippen LogP contribution in [0.3, 0.4) is 0 Å². The van der Waals surface area contributed by atoms with E-state index >= 15 is 0 Å². The third-order valence-electron chi connectivity index (χ3n) is 2.83. The van der Waals surface area contributed by atoms with Gasteiger partial charge in [-0.25, -0.2) is 4.79 Å². The molecule has 1 amide bonds. The topological polar surface area (TPSA) is 46.6 Å². The highest BCUT2D eigenvalue weighted by molar-refractivity contribution is 14.1. The highest BCUT2D eigenvalue weighted by Crippen LogP contribution is 2.22. The Balaban J connectivity index is 1.85. The number of carbonyl (C=O) groups excluding carboxylic acids is 2. The lowest BCUT2D eigenvalue weighted by Crippen LogP contribution is -2.30. The highest BCUT2D eigenvalue weighted by Gasteiger charge is 2.14. The van der Waals surface area contributed by atoms with E-state index in [2.05, 4.69) is 22.6 Å². The van der Waals surface area contributed by atoms with Crippen LogP contribution in [0.15, 0.2) is 36.4 Å². The summed E-state index contributed by atoms with van der Waals surface area (Å²) in [6.45, 7) is 0.164. The smallest absolute Gasteiger partial charge is 0.338 e. The van der Waals surface area contributed by atoms with Crippen LogP contribution in [0.25, 0.3) is 0 Å². The number of carbonyl (C=O) groups is 2. The molecule has 0 N–H and O–H groups in total. The number of nitrogens with zero attached hydrogens (tertiary/aromatic N) is 1. The molecule has 0 aliphatic heterocycles. The van der Waals surface area contributed by atoms with Gasteiger partial charge in [0, 0.05) is 15.5 Å². The molecule has 1 aromatic heterocycles. The molecular weight excluding hydrogens is 437 g/mol. The third kappa shape index (κ3) is 4.96. The summed E-state index contributed by atoms with van der Waals surface area (Å²) in [5, 5.41) is 0. The van der Waals surface area contributed by atoms with Crippen molar-refractivity contribution >= 4 is 57.4 Å². The Morgan fingerprint density at radius 2 is 2.09 bits per heavy atom. The summed E-state index contributed by atoms with van der Waals surface area (Å²) in [6.07, 6.45) is 0. The average molecular weight is 450 g/mol. The van der Waals surface area contributed by atoms with E-state index in [-0.39, 0.29) is 12.5 Å². The first-order valence-electron chi connectivity index (χ1n) is 6.36. The number of rotatable bonds is 5. The zero-order chi connectivity index (χ0) is 16.1. The maximum Gasteiger partial charge on any atom is 0.338 e. The summed E-state index contributed by atoms with van der Waals surface area (Å²) in [6, 6.07) is 10.7. The molecule has 0 bridgehead atoms. The molecule has 0 spiro atoms. The second-order valence-corrected chi connectivity index (χ2v) is 7.59. The highest BCUT2D eigenvalue weighted by atomic mass is 127. The SMILES string of the molecule is CN(Cc1ccc(Cl)s1)C(=O)COC(=O)c1cccc(I)c1. The van der Waals surface area contributed by atoms with Crippen molar-refractivity contribution in [1.82, 2.24) is 4.90 Å². The van der Waals surface area contributed by atoms with Crippen LogP contribution in [0.5, 0.6) is 0 Å². The molecule has 0 saturated carbocycles. The molecule has 2 aromatic rings. The molecule has 4 nitrogen and oxygen atoms in total. The number of ether oxygens (including phenoxy) is 1. The summed E-state index contributed by atoms with van der Waals surface area (Å²) in [7, 11) is 1.66. The number of esters is 1. The van der Waals surface area contributed by atoms with Crippen LogP contribution in [-0.2, 0) is 16.1 Å². The van der Waals surface area contributed by atoms with Gasteiger partial charge >= 0.3 is 5.97 Å². The van der Waals surface area contributed by atoms with Gasteiger partial charge in [0.25, 0.3) is 5.91 Å². The van der Waals surface area contributed by atoms with Crippen LogP contribution in [0.4, 0.5) is 0 Å². The number of hydrogen-bond acceptors (Lipinski definition) is 4. The number of benzene rings is 1. The van der Waals surface area contributed by atoms with Crippen LogP contribution in [0.1, 0.15) is 15.2 Å². The minimum absolute atomic E-state index is 0.261.